The van der Waals surface area contributed by atoms with Crippen LogP contribution in [0.2, 0.25) is 0 Å². The Labute approximate surface area is 132 Å². The van der Waals surface area contributed by atoms with Crippen molar-refractivity contribution in [1.29, 1.82) is 0 Å². The van der Waals surface area contributed by atoms with E-state index in [4.69, 9.17) is 4.74 Å². The molecule has 0 aliphatic heterocycles. The predicted molar refractivity (Wildman–Crippen MR) is 87.7 cm³/mol. The summed E-state index contributed by atoms with van der Waals surface area (Å²) in [6.07, 6.45) is 3.13. The highest BCUT2D eigenvalue weighted by Gasteiger charge is 2.21. The third kappa shape index (κ3) is 5.55. The fourth-order valence-corrected chi connectivity index (χ4v) is 2.93. The smallest absolute Gasteiger partial charge is 0.232 e. The van der Waals surface area contributed by atoms with Gasteiger partial charge in [0.15, 0.2) is 0 Å². The van der Waals surface area contributed by atoms with Gasteiger partial charge in [0, 0.05) is 19.5 Å². The number of nitrogens with zero attached hydrogens (tertiary/aromatic N) is 1. The number of ether oxygens (including phenoxy) is 1. The van der Waals surface area contributed by atoms with E-state index in [0.29, 0.717) is 18.0 Å². The lowest BCUT2D eigenvalue weighted by Crippen LogP contribution is -2.35. The Morgan fingerprint density at radius 2 is 2.00 bits per heavy atom. The molecule has 1 N–H and O–H groups in total. The molecule has 7 heteroatoms. The van der Waals surface area contributed by atoms with Crippen LogP contribution in [0.15, 0.2) is 24.3 Å². The van der Waals surface area contributed by atoms with E-state index in [1.54, 1.807) is 24.3 Å². The molecule has 0 fully saturated rings. The minimum absolute atomic E-state index is 0.0805. The molecule has 124 valence electrons. The van der Waals surface area contributed by atoms with Crippen molar-refractivity contribution in [3.63, 3.8) is 0 Å². The molecule has 0 heterocycles. The van der Waals surface area contributed by atoms with E-state index in [0.717, 1.165) is 19.1 Å². The van der Waals surface area contributed by atoms with Crippen molar-refractivity contribution in [3.05, 3.63) is 24.3 Å². The number of rotatable bonds is 9. The molecule has 0 aliphatic rings. The fourth-order valence-electron chi connectivity index (χ4n) is 2.00. The van der Waals surface area contributed by atoms with Crippen LogP contribution in [0.3, 0.4) is 0 Å². The van der Waals surface area contributed by atoms with Gasteiger partial charge in [0.25, 0.3) is 0 Å². The van der Waals surface area contributed by atoms with E-state index >= 15 is 0 Å². The molecule has 0 unspecified atom stereocenters. The number of carbonyl (C=O) groups excluding carboxylic acids is 1. The highest BCUT2D eigenvalue weighted by Crippen LogP contribution is 2.29. The summed E-state index contributed by atoms with van der Waals surface area (Å²) in [5.74, 6) is 0.302. The van der Waals surface area contributed by atoms with Crippen molar-refractivity contribution < 1.29 is 17.9 Å². The van der Waals surface area contributed by atoms with Crippen molar-refractivity contribution >= 4 is 21.6 Å². The molecule has 1 aromatic carbocycles. The van der Waals surface area contributed by atoms with Gasteiger partial charge >= 0.3 is 0 Å². The second-order valence-electron chi connectivity index (χ2n) is 4.96. The zero-order chi connectivity index (χ0) is 16.6. The van der Waals surface area contributed by atoms with Gasteiger partial charge in [-0.25, -0.2) is 8.42 Å². The number of benzene rings is 1. The first-order chi connectivity index (χ1) is 10.4. The number of anilines is 1. The average molecular weight is 328 g/mol. The molecule has 0 aliphatic carbocycles. The van der Waals surface area contributed by atoms with Crippen LogP contribution >= 0.6 is 0 Å². The molecule has 0 atom stereocenters. The number of para-hydroxylation sites is 2. The number of amides is 1. The molecule has 0 bridgehead atoms. The van der Waals surface area contributed by atoms with E-state index in [9.17, 15) is 13.2 Å². The highest BCUT2D eigenvalue weighted by atomic mass is 32.2. The van der Waals surface area contributed by atoms with Crippen molar-refractivity contribution in [1.82, 2.24) is 5.32 Å². The Morgan fingerprint density at radius 1 is 1.32 bits per heavy atom. The van der Waals surface area contributed by atoms with Crippen LogP contribution in [-0.2, 0) is 14.8 Å². The van der Waals surface area contributed by atoms with Crippen molar-refractivity contribution in [2.45, 2.75) is 26.2 Å². The van der Waals surface area contributed by atoms with Gasteiger partial charge < -0.3 is 10.1 Å². The summed E-state index contributed by atoms with van der Waals surface area (Å²) in [5, 5.41) is 2.78. The first-order valence-corrected chi connectivity index (χ1v) is 9.12. The van der Waals surface area contributed by atoms with E-state index in [-0.39, 0.29) is 18.9 Å². The van der Waals surface area contributed by atoms with Crippen LogP contribution in [0.5, 0.6) is 5.75 Å². The summed E-state index contributed by atoms with van der Waals surface area (Å²) < 4.78 is 30.4. The molecule has 0 saturated carbocycles. The zero-order valence-corrected chi connectivity index (χ0v) is 14.1. The number of nitrogens with one attached hydrogen (secondary N) is 1. The number of sulfonamides is 1. The van der Waals surface area contributed by atoms with Crippen molar-refractivity contribution in [3.8, 4) is 5.75 Å². The molecule has 0 spiro atoms. The maximum Gasteiger partial charge on any atom is 0.232 e. The van der Waals surface area contributed by atoms with E-state index in [1.807, 2.05) is 6.92 Å². The Balaban J connectivity index is 2.81. The van der Waals surface area contributed by atoms with Crippen LogP contribution < -0.4 is 14.4 Å². The molecule has 1 aromatic rings. The molecule has 1 rings (SSSR count). The number of carbonyl (C=O) groups is 1. The van der Waals surface area contributed by atoms with Gasteiger partial charge in [-0.15, -0.1) is 0 Å². The number of unbranched alkanes of at least 4 members (excludes halogenated alkanes) is 1. The molecule has 6 nitrogen and oxygen atoms in total. The highest BCUT2D eigenvalue weighted by molar-refractivity contribution is 7.92. The normalized spacial score (nSPS) is 11.0. The van der Waals surface area contributed by atoms with Crippen LogP contribution in [0.1, 0.15) is 26.2 Å². The Hall–Kier alpha value is -1.76. The monoisotopic (exact) mass is 328 g/mol. The topological polar surface area (TPSA) is 75.7 Å². The van der Waals surface area contributed by atoms with Gasteiger partial charge in [-0.05, 0) is 18.6 Å². The summed E-state index contributed by atoms with van der Waals surface area (Å²) in [7, 11) is -2.02. The van der Waals surface area contributed by atoms with Gasteiger partial charge in [0.2, 0.25) is 15.9 Å². The molecule has 0 radical (unpaired) electrons. The second-order valence-corrected chi connectivity index (χ2v) is 6.87. The first kappa shape index (κ1) is 18.3. The summed E-state index contributed by atoms with van der Waals surface area (Å²) in [4.78, 5) is 11.8. The second kappa shape index (κ2) is 8.63. The van der Waals surface area contributed by atoms with Crippen molar-refractivity contribution in [2.24, 2.45) is 0 Å². The zero-order valence-electron chi connectivity index (χ0n) is 13.3. The van der Waals surface area contributed by atoms with E-state index in [2.05, 4.69) is 5.32 Å². The SMILES string of the molecule is CCCCNC(=O)CCN(c1ccccc1OC)S(C)(=O)=O. The van der Waals surface area contributed by atoms with Gasteiger partial charge in [-0.1, -0.05) is 25.5 Å². The summed E-state index contributed by atoms with van der Waals surface area (Å²) in [6.45, 7) is 2.74. The third-order valence-electron chi connectivity index (χ3n) is 3.15. The summed E-state index contributed by atoms with van der Waals surface area (Å²) >= 11 is 0. The van der Waals surface area contributed by atoms with Gasteiger partial charge in [0.1, 0.15) is 5.75 Å². The summed E-state index contributed by atoms with van der Waals surface area (Å²) in [6, 6.07) is 6.85. The van der Waals surface area contributed by atoms with E-state index < -0.39 is 10.0 Å². The third-order valence-corrected chi connectivity index (χ3v) is 4.33. The number of hydrogen-bond acceptors (Lipinski definition) is 4. The maximum absolute atomic E-state index is 12.0. The molecular formula is C15H24N2O4S. The predicted octanol–water partition coefficient (Wildman–Crippen LogP) is 1.77. The van der Waals surface area contributed by atoms with E-state index in [1.165, 1.54) is 11.4 Å². The number of methoxy groups -OCH3 is 1. The van der Waals surface area contributed by atoms with Crippen LogP contribution in [0.4, 0.5) is 5.69 Å². The van der Waals surface area contributed by atoms with Gasteiger partial charge in [-0.3, -0.25) is 9.10 Å². The minimum Gasteiger partial charge on any atom is -0.495 e. The Morgan fingerprint density at radius 3 is 2.59 bits per heavy atom. The molecule has 22 heavy (non-hydrogen) atoms. The lowest BCUT2D eigenvalue weighted by atomic mass is 10.2. The first-order valence-electron chi connectivity index (χ1n) is 7.27. The van der Waals surface area contributed by atoms with Gasteiger partial charge in [-0.2, -0.15) is 0 Å². The Kier molecular flexibility index (Phi) is 7.17. The lowest BCUT2D eigenvalue weighted by molar-refractivity contribution is -0.120. The standard InChI is InChI=1S/C15H24N2O4S/c1-4-5-11-16-15(18)10-12-17(22(3,19)20)13-8-6-7-9-14(13)21-2/h6-9H,4-5,10-12H2,1-3H3,(H,16,18). The average Bonchev–Trinajstić information content (AvgIpc) is 2.47. The molecular weight excluding hydrogens is 304 g/mol. The Bertz CT molecular complexity index is 587. The quantitative estimate of drug-likeness (QED) is 0.701. The fraction of sp³-hybridized carbons (Fsp3) is 0.533. The van der Waals surface area contributed by atoms with Crippen LogP contribution in [0.25, 0.3) is 0 Å². The number of hydrogen-bond donors (Lipinski definition) is 1. The van der Waals surface area contributed by atoms with Crippen molar-refractivity contribution in [2.75, 3.05) is 30.8 Å². The van der Waals surface area contributed by atoms with Crippen LogP contribution in [0, 0.1) is 0 Å². The lowest BCUT2D eigenvalue weighted by Gasteiger charge is -2.24. The molecule has 0 aromatic heterocycles. The van der Waals surface area contributed by atoms with Crippen LogP contribution in [-0.4, -0.2) is 40.8 Å². The molecule has 1 amide bonds. The van der Waals surface area contributed by atoms with Gasteiger partial charge in [0.05, 0.1) is 19.1 Å². The maximum atomic E-state index is 12.0. The largest absolute Gasteiger partial charge is 0.495 e. The molecule has 0 saturated heterocycles. The summed E-state index contributed by atoms with van der Waals surface area (Å²) in [5.41, 5.74) is 0.439. The minimum atomic E-state index is -3.50.